The second-order valence-corrected chi connectivity index (χ2v) is 3.69. The van der Waals surface area contributed by atoms with Crippen LogP contribution in [0.15, 0.2) is 30.3 Å². The van der Waals surface area contributed by atoms with Crippen molar-refractivity contribution in [2.24, 2.45) is 5.73 Å². The molecule has 0 heterocycles. The zero-order chi connectivity index (χ0) is 12.0. The highest BCUT2D eigenvalue weighted by Gasteiger charge is 2.11. The highest BCUT2D eigenvalue weighted by molar-refractivity contribution is 5.97. The molecule has 2 amide bonds. The molecule has 0 aliphatic rings. The van der Waals surface area contributed by atoms with Gasteiger partial charge in [0, 0.05) is 6.42 Å². The minimum Gasteiger partial charge on any atom is -0.320 e. The van der Waals surface area contributed by atoms with E-state index in [2.05, 4.69) is 5.32 Å². The Hall–Kier alpha value is -1.39. The van der Waals surface area contributed by atoms with E-state index in [9.17, 15) is 9.59 Å². The number of carbonyl (C=O) groups excluding carboxylic acids is 2. The highest BCUT2D eigenvalue weighted by atomic mass is 35.5. The van der Waals surface area contributed by atoms with Gasteiger partial charge >= 0.3 is 0 Å². The largest absolute Gasteiger partial charge is 0.320 e. The molecule has 1 atom stereocenters. The highest BCUT2D eigenvalue weighted by Crippen LogP contribution is 2.01. The van der Waals surface area contributed by atoms with Gasteiger partial charge in [-0.05, 0) is 18.9 Å². The van der Waals surface area contributed by atoms with E-state index >= 15 is 0 Å². The maximum Gasteiger partial charge on any atom is 0.243 e. The second kappa shape index (κ2) is 7.81. The molecule has 0 spiro atoms. The average molecular weight is 257 g/mol. The first-order valence-corrected chi connectivity index (χ1v) is 5.23. The number of carbonyl (C=O) groups is 2. The molecule has 17 heavy (non-hydrogen) atoms. The van der Waals surface area contributed by atoms with Crippen molar-refractivity contribution >= 4 is 24.2 Å². The molecule has 0 saturated carbocycles. The van der Waals surface area contributed by atoms with E-state index < -0.39 is 11.9 Å². The molecule has 0 unspecified atom stereocenters. The van der Waals surface area contributed by atoms with E-state index in [1.54, 1.807) is 6.92 Å². The summed E-state index contributed by atoms with van der Waals surface area (Å²) in [5.41, 5.74) is 6.40. The Morgan fingerprint density at radius 3 is 2.41 bits per heavy atom. The molecule has 94 valence electrons. The number of hydrogen-bond donors (Lipinski definition) is 2. The molecular weight excluding hydrogens is 240 g/mol. The normalized spacial score (nSPS) is 11.2. The van der Waals surface area contributed by atoms with Crippen LogP contribution in [0.2, 0.25) is 0 Å². The fourth-order valence-electron chi connectivity index (χ4n) is 1.22. The molecule has 0 bridgehead atoms. The zero-order valence-corrected chi connectivity index (χ0v) is 10.5. The first-order chi connectivity index (χ1) is 7.59. The lowest BCUT2D eigenvalue weighted by atomic mass is 10.1. The van der Waals surface area contributed by atoms with Gasteiger partial charge in [0.1, 0.15) is 0 Å². The molecule has 1 aromatic carbocycles. The van der Waals surface area contributed by atoms with Gasteiger partial charge in [-0.2, -0.15) is 0 Å². The van der Waals surface area contributed by atoms with Gasteiger partial charge in [0.15, 0.2) is 0 Å². The van der Waals surface area contributed by atoms with Crippen molar-refractivity contribution in [3.05, 3.63) is 35.9 Å². The van der Waals surface area contributed by atoms with Crippen LogP contribution >= 0.6 is 12.4 Å². The van der Waals surface area contributed by atoms with E-state index in [-0.39, 0.29) is 18.3 Å². The van der Waals surface area contributed by atoms with Crippen LogP contribution in [0.4, 0.5) is 0 Å². The quantitative estimate of drug-likeness (QED) is 0.845. The Bertz CT molecular complexity index is 366. The Kier molecular flexibility index (Phi) is 7.18. The molecule has 0 saturated heterocycles. The van der Waals surface area contributed by atoms with Crippen molar-refractivity contribution in [2.75, 3.05) is 0 Å². The Morgan fingerprint density at radius 2 is 1.88 bits per heavy atom. The molecular formula is C12H17ClN2O2. The van der Waals surface area contributed by atoms with Crippen LogP contribution in [-0.2, 0) is 16.0 Å². The van der Waals surface area contributed by atoms with Gasteiger partial charge in [0.2, 0.25) is 11.8 Å². The topological polar surface area (TPSA) is 72.2 Å². The van der Waals surface area contributed by atoms with Gasteiger partial charge in [-0.25, -0.2) is 0 Å². The van der Waals surface area contributed by atoms with E-state index in [0.29, 0.717) is 12.8 Å². The molecule has 5 heteroatoms. The molecule has 0 radical (unpaired) electrons. The first kappa shape index (κ1) is 15.6. The molecule has 3 N–H and O–H groups in total. The smallest absolute Gasteiger partial charge is 0.243 e. The fourth-order valence-corrected chi connectivity index (χ4v) is 1.22. The maximum atomic E-state index is 11.3. The number of aryl methyl sites for hydroxylation is 1. The molecule has 0 aromatic heterocycles. The lowest BCUT2D eigenvalue weighted by Gasteiger charge is -2.06. The maximum absolute atomic E-state index is 11.3. The SMILES string of the molecule is C[C@@H](N)C(=O)NC(=O)CCc1ccccc1.Cl. The van der Waals surface area contributed by atoms with Crippen LogP contribution < -0.4 is 11.1 Å². The molecule has 4 nitrogen and oxygen atoms in total. The Labute approximate surface area is 107 Å². The summed E-state index contributed by atoms with van der Waals surface area (Å²) in [4.78, 5) is 22.5. The summed E-state index contributed by atoms with van der Waals surface area (Å²) >= 11 is 0. The summed E-state index contributed by atoms with van der Waals surface area (Å²) in [6, 6.07) is 8.99. The third-order valence-corrected chi connectivity index (χ3v) is 2.16. The van der Waals surface area contributed by atoms with Gasteiger partial charge in [0.25, 0.3) is 0 Å². The summed E-state index contributed by atoms with van der Waals surface area (Å²) in [5.74, 6) is -0.718. The summed E-state index contributed by atoms with van der Waals surface area (Å²) in [5, 5.41) is 2.25. The predicted molar refractivity (Wildman–Crippen MR) is 68.8 cm³/mol. The van der Waals surface area contributed by atoms with Crippen LogP contribution in [0.1, 0.15) is 18.9 Å². The van der Waals surface area contributed by atoms with Crippen LogP contribution in [0.3, 0.4) is 0 Å². The second-order valence-electron chi connectivity index (χ2n) is 3.69. The van der Waals surface area contributed by atoms with Gasteiger partial charge in [-0.15, -0.1) is 12.4 Å². The molecule has 1 aromatic rings. The third kappa shape index (κ3) is 6.04. The number of nitrogens with two attached hydrogens (primary N) is 1. The van der Waals surface area contributed by atoms with Crippen molar-refractivity contribution in [3.63, 3.8) is 0 Å². The van der Waals surface area contributed by atoms with Crippen molar-refractivity contribution in [1.82, 2.24) is 5.32 Å². The summed E-state index contributed by atoms with van der Waals surface area (Å²) in [6.07, 6.45) is 0.918. The zero-order valence-electron chi connectivity index (χ0n) is 9.68. The van der Waals surface area contributed by atoms with Crippen LogP contribution in [0.25, 0.3) is 0 Å². The molecule has 1 rings (SSSR count). The number of imide groups is 1. The standard InChI is InChI=1S/C12H16N2O2.ClH/c1-9(13)12(16)14-11(15)8-7-10-5-3-2-4-6-10;/h2-6,9H,7-8,13H2,1H3,(H,14,15,16);1H/t9-;/m1./s1. The van der Waals surface area contributed by atoms with Crippen LogP contribution in [0.5, 0.6) is 0 Å². The van der Waals surface area contributed by atoms with Gasteiger partial charge in [-0.1, -0.05) is 30.3 Å². The number of rotatable bonds is 4. The van der Waals surface area contributed by atoms with Crippen molar-refractivity contribution in [2.45, 2.75) is 25.8 Å². The minimum absolute atomic E-state index is 0. The third-order valence-electron chi connectivity index (χ3n) is 2.16. The lowest BCUT2D eigenvalue weighted by molar-refractivity contribution is -0.130. The van der Waals surface area contributed by atoms with Gasteiger partial charge in [-0.3, -0.25) is 14.9 Å². The number of amides is 2. The Balaban J connectivity index is 0.00000256. The lowest BCUT2D eigenvalue weighted by Crippen LogP contribution is -2.41. The number of hydrogen-bond acceptors (Lipinski definition) is 3. The van der Waals surface area contributed by atoms with Crippen LogP contribution in [-0.4, -0.2) is 17.9 Å². The molecule has 0 aliphatic carbocycles. The summed E-state index contributed by atoms with van der Waals surface area (Å²) in [7, 11) is 0. The van der Waals surface area contributed by atoms with E-state index in [4.69, 9.17) is 5.73 Å². The Morgan fingerprint density at radius 1 is 1.29 bits per heavy atom. The number of benzene rings is 1. The summed E-state index contributed by atoms with van der Waals surface area (Å²) < 4.78 is 0. The van der Waals surface area contributed by atoms with Crippen molar-refractivity contribution in [1.29, 1.82) is 0 Å². The van der Waals surface area contributed by atoms with E-state index in [1.807, 2.05) is 30.3 Å². The molecule has 0 aliphatic heterocycles. The van der Waals surface area contributed by atoms with Crippen LogP contribution in [0, 0.1) is 0 Å². The van der Waals surface area contributed by atoms with Gasteiger partial charge in [0.05, 0.1) is 6.04 Å². The van der Waals surface area contributed by atoms with Crippen molar-refractivity contribution < 1.29 is 9.59 Å². The number of nitrogens with one attached hydrogen (secondary N) is 1. The van der Waals surface area contributed by atoms with Crippen molar-refractivity contribution in [3.8, 4) is 0 Å². The average Bonchev–Trinajstić information content (AvgIpc) is 2.27. The fraction of sp³-hybridized carbons (Fsp3) is 0.333. The van der Waals surface area contributed by atoms with Gasteiger partial charge < -0.3 is 5.73 Å². The monoisotopic (exact) mass is 256 g/mol. The predicted octanol–water partition coefficient (Wildman–Crippen LogP) is 1.03. The number of halogens is 1. The minimum atomic E-state index is -0.652. The summed E-state index contributed by atoms with van der Waals surface area (Å²) in [6.45, 7) is 1.54. The molecule has 0 fully saturated rings. The van der Waals surface area contributed by atoms with E-state index in [1.165, 1.54) is 0 Å². The first-order valence-electron chi connectivity index (χ1n) is 5.23. The van der Waals surface area contributed by atoms with E-state index in [0.717, 1.165) is 5.56 Å².